The van der Waals surface area contributed by atoms with E-state index in [2.05, 4.69) is 43.9 Å². The lowest BCUT2D eigenvalue weighted by Gasteiger charge is -2.36. The van der Waals surface area contributed by atoms with Gasteiger partial charge in [-0.3, -0.25) is 4.79 Å². The molecule has 1 saturated heterocycles. The fourth-order valence-corrected chi connectivity index (χ4v) is 5.38. The Labute approximate surface area is 254 Å². The van der Waals surface area contributed by atoms with Gasteiger partial charge in [0.1, 0.15) is 17.3 Å². The van der Waals surface area contributed by atoms with Gasteiger partial charge in [-0.1, -0.05) is 36.7 Å². The number of ether oxygens (including phenoxy) is 2. The van der Waals surface area contributed by atoms with Crippen LogP contribution in [-0.2, 0) is 4.79 Å². The van der Waals surface area contributed by atoms with Crippen LogP contribution in [0.25, 0.3) is 11.9 Å². The maximum atomic E-state index is 15.4. The van der Waals surface area contributed by atoms with E-state index in [1.165, 1.54) is 44.8 Å². The fourth-order valence-electron chi connectivity index (χ4n) is 4.70. The molecule has 1 fully saturated rings. The van der Waals surface area contributed by atoms with Gasteiger partial charge in [-0.25, -0.2) is 14.4 Å². The van der Waals surface area contributed by atoms with Crippen LogP contribution in [0, 0.1) is 6.92 Å². The molecular weight excluding hydrogens is 582 g/mol. The molecule has 1 amide bonds. The first-order chi connectivity index (χ1) is 20.2. The molecule has 12 heteroatoms. The topological polar surface area (TPSA) is 91.9 Å². The zero-order valence-corrected chi connectivity index (χ0v) is 25.4. The molecule has 2 aromatic carbocycles. The quantitative estimate of drug-likeness (QED) is 0.247. The monoisotopic (exact) mass is 614 g/mol. The van der Waals surface area contributed by atoms with Crippen LogP contribution in [-0.4, -0.2) is 67.7 Å². The molecule has 1 aliphatic rings. The van der Waals surface area contributed by atoms with E-state index in [9.17, 15) is 4.79 Å². The summed E-state index contributed by atoms with van der Waals surface area (Å²) in [6.07, 6.45) is 5.34. The van der Waals surface area contributed by atoms with Crippen LogP contribution in [0.15, 0.2) is 43.2 Å². The number of anilines is 4. The first-order valence-corrected chi connectivity index (χ1v) is 14.1. The lowest BCUT2D eigenvalue weighted by molar-refractivity contribution is -0.111. The third kappa shape index (κ3) is 6.78. The Morgan fingerprint density at radius 3 is 2.26 bits per heavy atom. The summed E-state index contributed by atoms with van der Waals surface area (Å²) in [6, 6.07) is 5.33. The van der Waals surface area contributed by atoms with E-state index in [-0.39, 0.29) is 39.0 Å². The number of piperazine rings is 1. The van der Waals surface area contributed by atoms with Crippen molar-refractivity contribution in [1.29, 1.82) is 0 Å². The molecule has 0 aliphatic carbocycles. The van der Waals surface area contributed by atoms with Gasteiger partial charge in [-0.2, -0.15) is 0 Å². The summed E-state index contributed by atoms with van der Waals surface area (Å²) in [7, 11) is 2.83. The average molecular weight is 616 g/mol. The summed E-state index contributed by atoms with van der Waals surface area (Å²) in [5.74, 6) is -0.359. The zero-order valence-electron chi connectivity index (χ0n) is 23.9. The van der Waals surface area contributed by atoms with Crippen molar-refractivity contribution in [3.63, 3.8) is 0 Å². The molecule has 0 unspecified atom stereocenters. The van der Waals surface area contributed by atoms with E-state index in [4.69, 9.17) is 32.7 Å². The molecule has 0 radical (unpaired) electrons. The first kappa shape index (κ1) is 31.1. The lowest BCUT2D eigenvalue weighted by Crippen LogP contribution is -2.46. The highest BCUT2D eigenvalue weighted by Gasteiger charge is 2.22. The Kier molecular flexibility index (Phi) is 10.3. The predicted octanol–water partition coefficient (Wildman–Crippen LogP) is 6.59. The molecule has 2 heterocycles. The van der Waals surface area contributed by atoms with E-state index in [0.29, 0.717) is 16.9 Å². The second-order valence-electron chi connectivity index (χ2n) is 9.49. The maximum absolute atomic E-state index is 15.4. The molecule has 0 atom stereocenters. The van der Waals surface area contributed by atoms with Gasteiger partial charge >= 0.3 is 0 Å². The number of aromatic nitrogens is 2. The summed E-state index contributed by atoms with van der Waals surface area (Å²) in [5, 5.41) is 6.10. The number of likely N-dealkylation sites (N-methyl/N-ethyl adjacent to an activating group) is 1. The lowest BCUT2D eigenvalue weighted by atomic mass is 10.1. The number of methoxy groups -OCH3 is 2. The molecule has 42 heavy (non-hydrogen) atoms. The van der Waals surface area contributed by atoms with Crippen molar-refractivity contribution in [1.82, 2.24) is 14.9 Å². The number of amides is 1. The maximum Gasteiger partial charge on any atom is 0.247 e. The van der Waals surface area contributed by atoms with Gasteiger partial charge in [0.25, 0.3) is 0 Å². The molecule has 1 aliphatic heterocycles. The van der Waals surface area contributed by atoms with Crippen LogP contribution in [0.1, 0.15) is 23.6 Å². The van der Waals surface area contributed by atoms with Crippen LogP contribution in [0.4, 0.5) is 27.4 Å². The van der Waals surface area contributed by atoms with Crippen molar-refractivity contribution in [3.8, 4) is 11.5 Å². The largest absolute Gasteiger partial charge is 0.495 e. The second kappa shape index (κ2) is 13.9. The molecule has 0 bridgehead atoms. The molecule has 4 rings (SSSR count). The highest BCUT2D eigenvalue weighted by atomic mass is 35.5. The molecule has 1 aromatic heterocycles. The highest BCUT2D eigenvalue weighted by Crippen LogP contribution is 2.44. The number of nitrogens with one attached hydrogen (secondary N) is 2. The van der Waals surface area contributed by atoms with Gasteiger partial charge in [-0.05, 0) is 43.3 Å². The highest BCUT2D eigenvalue weighted by molar-refractivity contribution is 6.39. The summed E-state index contributed by atoms with van der Waals surface area (Å²) in [6.45, 7) is 12.4. The Balaban J connectivity index is 1.63. The summed E-state index contributed by atoms with van der Waals surface area (Å²) < 4.78 is 25.9. The van der Waals surface area contributed by atoms with E-state index >= 15 is 4.39 Å². The first-order valence-electron chi connectivity index (χ1n) is 13.3. The second-order valence-corrected chi connectivity index (χ2v) is 10.2. The fraction of sp³-hybridized carbons (Fsp3) is 0.300. The van der Waals surface area contributed by atoms with Crippen LogP contribution >= 0.6 is 23.2 Å². The number of rotatable bonds is 10. The Morgan fingerprint density at radius 1 is 1.10 bits per heavy atom. The third-order valence-electron chi connectivity index (χ3n) is 7.05. The van der Waals surface area contributed by atoms with Crippen molar-refractivity contribution in [3.05, 3.63) is 70.0 Å². The number of halogens is 3. The Hall–Kier alpha value is -3.86. The molecule has 2 N–H and O–H groups in total. The van der Waals surface area contributed by atoms with Gasteiger partial charge in [-0.15, -0.1) is 0 Å². The smallest absolute Gasteiger partial charge is 0.247 e. The molecule has 222 valence electrons. The van der Waals surface area contributed by atoms with Crippen LogP contribution in [0.2, 0.25) is 10.0 Å². The third-order valence-corrected chi connectivity index (χ3v) is 7.80. The molecule has 3 aromatic rings. The number of hydrogen-bond donors (Lipinski definition) is 2. The molecule has 9 nitrogen and oxygen atoms in total. The van der Waals surface area contributed by atoms with Gasteiger partial charge in [0.2, 0.25) is 11.9 Å². The van der Waals surface area contributed by atoms with Crippen LogP contribution < -0.4 is 25.0 Å². The van der Waals surface area contributed by atoms with Gasteiger partial charge in [0, 0.05) is 55.9 Å². The number of carbonyl (C=O) groups excluding carboxylic acids is 1. The Bertz CT molecular complexity index is 1460. The van der Waals surface area contributed by atoms with Crippen LogP contribution in [0.3, 0.4) is 0 Å². The Morgan fingerprint density at radius 2 is 1.71 bits per heavy atom. The number of nitrogens with zero attached hydrogens (tertiary/aromatic N) is 4. The van der Waals surface area contributed by atoms with Crippen molar-refractivity contribution in [2.45, 2.75) is 13.8 Å². The van der Waals surface area contributed by atoms with Crippen LogP contribution in [0.5, 0.6) is 11.5 Å². The summed E-state index contributed by atoms with van der Waals surface area (Å²) in [5.41, 5.74) is 3.49. The number of benzene rings is 2. The van der Waals surface area contributed by atoms with Gasteiger partial charge < -0.3 is 29.9 Å². The van der Waals surface area contributed by atoms with Crippen molar-refractivity contribution in [2.24, 2.45) is 0 Å². The number of carbonyl (C=O) groups is 1. The van der Waals surface area contributed by atoms with Crippen molar-refractivity contribution < 1.29 is 18.7 Å². The minimum atomic E-state index is -0.715. The van der Waals surface area contributed by atoms with Gasteiger partial charge in [0.15, 0.2) is 0 Å². The molecule has 0 spiro atoms. The average Bonchev–Trinajstić information content (AvgIpc) is 3.00. The normalized spacial score (nSPS) is 14.0. The summed E-state index contributed by atoms with van der Waals surface area (Å²) >= 11 is 12.7. The van der Waals surface area contributed by atoms with Crippen molar-refractivity contribution in [2.75, 3.05) is 62.5 Å². The van der Waals surface area contributed by atoms with E-state index in [0.717, 1.165) is 44.0 Å². The van der Waals surface area contributed by atoms with E-state index < -0.39 is 5.83 Å². The van der Waals surface area contributed by atoms with E-state index in [1.54, 1.807) is 0 Å². The van der Waals surface area contributed by atoms with E-state index in [1.807, 2.05) is 19.1 Å². The minimum absolute atomic E-state index is 0.0109. The summed E-state index contributed by atoms with van der Waals surface area (Å²) in [4.78, 5) is 25.6. The SMILES string of the molecule is C=CC(=O)Nc1ccc(N2CCN(CC)CC2)c(C)c1Nc1ncc(/C=C(\F)c2c(Cl)c(OC)cc(OC)c2Cl)cn1. The zero-order chi connectivity index (χ0) is 30.4. The predicted molar refractivity (Wildman–Crippen MR) is 168 cm³/mol. The minimum Gasteiger partial charge on any atom is -0.495 e. The molecular formula is C30H33Cl2FN6O3. The number of hydrogen-bond acceptors (Lipinski definition) is 8. The van der Waals surface area contributed by atoms with Gasteiger partial charge in [0.05, 0.1) is 41.2 Å². The molecule has 0 saturated carbocycles. The standard InChI is InChI=1S/C30H33Cl2FN6O3/c1-6-25(40)36-21-8-9-22(39-12-10-38(7-2)11-13-39)18(3)29(21)37-30-34-16-19(17-35-30)14-20(33)26-27(31)23(41-4)15-24(42-5)28(26)32/h6,8-9,14-17H,1,7,10-13H2,2-5H3,(H,36,40)(H,34,35,37)/b20-14-. The van der Waals surface area contributed by atoms with Crippen molar-refractivity contribution >= 4 is 64.0 Å².